The average molecular weight is 728 g/mol. The summed E-state index contributed by atoms with van der Waals surface area (Å²) >= 11 is 0.914. The summed E-state index contributed by atoms with van der Waals surface area (Å²) in [6.45, 7) is 5.80. The van der Waals surface area contributed by atoms with E-state index in [4.69, 9.17) is 14.2 Å². The number of thioether (sulfide) groups is 1. The van der Waals surface area contributed by atoms with Gasteiger partial charge in [-0.25, -0.2) is 14.3 Å². The minimum absolute atomic E-state index is 0.0838. The molecule has 3 aromatic carbocycles. The van der Waals surface area contributed by atoms with E-state index in [-0.39, 0.29) is 30.2 Å². The van der Waals surface area contributed by atoms with Gasteiger partial charge in [0, 0.05) is 19.9 Å². The fourth-order valence-corrected chi connectivity index (χ4v) is 11.7. The number of esters is 1. The summed E-state index contributed by atoms with van der Waals surface area (Å²) < 4.78 is 17.9. The molecule has 0 radical (unpaired) electrons. The van der Waals surface area contributed by atoms with Gasteiger partial charge in [-0.05, 0) is 39.7 Å². The first kappa shape index (κ1) is 37.0. The topological polar surface area (TPSA) is 143 Å². The zero-order chi connectivity index (χ0) is 36.2. The lowest BCUT2D eigenvalue weighted by Gasteiger charge is -2.50. The van der Waals surface area contributed by atoms with Crippen LogP contribution in [0.2, 0.25) is 0 Å². The maximum Gasteiger partial charge on any atom is 0.508 e. The highest BCUT2D eigenvalue weighted by atomic mass is 32.2. The lowest BCUT2D eigenvalue weighted by molar-refractivity contribution is -0.152. The molecule has 1 saturated heterocycles. The average Bonchev–Trinajstić information content (AvgIpc) is 3.67. The summed E-state index contributed by atoms with van der Waals surface area (Å²) in [6.07, 6.45) is 2.86. The second-order valence-corrected chi connectivity index (χ2v) is 15.8. The van der Waals surface area contributed by atoms with E-state index in [0.29, 0.717) is 13.0 Å². The van der Waals surface area contributed by atoms with E-state index in [0.717, 1.165) is 27.7 Å². The largest absolute Gasteiger partial charge is 0.508 e. The van der Waals surface area contributed by atoms with Crippen LogP contribution >= 0.6 is 18.6 Å². The van der Waals surface area contributed by atoms with Crippen molar-refractivity contribution in [3.05, 3.63) is 123 Å². The van der Waals surface area contributed by atoms with E-state index in [1.165, 1.54) is 28.1 Å². The molecule has 0 bridgehead atoms. The zero-order valence-electron chi connectivity index (χ0n) is 28.0. The number of carbonyl (C=O) groups is 4. The predicted molar refractivity (Wildman–Crippen MR) is 197 cm³/mol. The van der Waals surface area contributed by atoms with Crippen LogP contribution in [0.15, 0.2) is 123 Å². The van der Waals surface area contributed by atoms with Crippen molar-refractivity contribution in [1.82, 2.24) is 25.1 Å². The molecule has 1 aromatic heterocycles. The normalized spacial score (nSPS) is 15.9. The molecule has 0 aliphatic carbocycles. The van der Waals surface area contributed by atoms with Crippen molar-refractivity contribution in [2.24, 2.45) is 5.92 Å². The highest BCUT2D eigenvalue weighted by molar-refractivity contribution is 8.14. The number of rotatable bonds is 16. The number of aryl methyl sites for hydroxylation is 1. The third-order valence-corrected chi connectivity index (χ3v) is 13.6. The van der Waals surface area contributed by atoms with Crippen LogP contribution in [0.5, 0.6) is 0 Å². The molecule has 0 unspecified atom stereocenters. The predicted octanol–water partition coefficient (Wildman–Crippen LogP) is 4.08. The van der Waals surface area contributed by atoms with E-state index >= 15 is 0 Å². The quantitative estimate of drug-likeness (QED) is 0.0714. The van der Waals surface area contributed by atoms with Gasteiger partial charge in [-0.2, -0.15) is 0 Å². The summed E-state index contributed by atoms with van der Waals surface area (Å²) in [6, 6.07) is 28.6. The van der Waals surface area contributed by atoms with Gasteiger partial charge in [0.15, 0.2) is 5.12 Å². The molecule has 12 nitrogen and oxygen atoms in total. The monoisotopic (exact) mass is 727 g/mol. The van der Waals surface area contributed by atoms with Gasteiger partial charge in [0.1, 0.15) is 42.4 Å². The second kappa shape index (κ2) is 17.6. The van der Waals surface area contributed by atoms with Gasteiger partial charge >= 0.3 is 12.1 Å². The Hall–Kier alpha value is -5.26. The highest BCUT2D eigenvalue weighted by Gasteiger charge is 2.57. The maximum absolute atomic E-state index is 14.7. The molecule has 5 rings (SSSR count). The number of nitrogens with zero attached hydrogens (tertiary/aromatic N) is 5. The SMILES string of the molecule is C=CCOC(=O)O[C@H](C)[C@H]1C(=O)N(C(C(=O)OCC=C)=P(c2ccccc2)(c2ccccc2)c2ccccc2)[C@@H]1SC(=O)CCCn1cnnn1. The van der Waals surface area contributed by atoms with Crippen LogP contribution in [-0.4, -0.2) is 78.4 Å². The highest BCUT2D eigenvalue weighted by Crippen LogP contribution is 2.51. The first-order chi connectivity index (χ1) is 24.8. The molecule has 0 spiro atoms. The Morgan fingerprint density at radius 2 is 1.43 bits per heavy atom. The summed E-state index contributed by atoms with van der Waals surface area (Å²) in [4.78, 5) is 56.8. The molecular formula is C37H38N5O7PS. The lowest BCUT2D eigenvalue weighted by Crippen LogP contribution is -2.67. The molecule has 3 atom stereocenters. The molecular weight excluding hydrogens is 689 g/mol. The summed E-state index contributed by atoms with van der Waals surface area (Å²) in [5, 5.41) is 12.3. The molecule has 51 heavy (non-hydrogen) atoms. The molecule has 4 aromatic rings. The molecule has 264 valence electrons. The van der Waals surface area contributed by atoms with Gasteiger partial charge in [0.25, 0.3) is 0 Å². The third kappa shape index (κ3) is 8.22. The molecule has 14 heteroatoms. The van der Waals surface area contributed by atoms with E-state index in [2.05, 4.69) is 28.7 Å². The van der Waals surface area contributed by atoms with Crippen molar-refractivity contribution < 1.29 is 33.4 Å². The smallest absolute Gasteiger partial charge is 0.457 e. The molecule has 1 fully saturated rings. The van der Waals surface area contributed by atoms with Crippen LogP contribution in [-0.2, 0) is 35.1 Å². The fraction of sp³-hybridized carbons (Fsp3) is 0.243. The van der Waals surface area contributed by atoms with Gasteiger partial charge in [-0.15, -0.1) is 5.10 Å². The standard InChI is InChI=1S/C37H38N5O7PS/c1-4-24-47-36(45)34(50(28-16-9-6-10-17-28,29-18-11-7-12-19-29)30-20-13-8-14-21-30)42-33(44)32(27(3)49-37(46)48-25-5-2)35(42)51-31(43)22-15-23-41-26-38-39-40-41/h4-14,16-21,26-27,32,35H,1-2,15,22-25H2,3H3/t27-,32+,35-/m1/s1. The summed E-state index contributed by atoms with van der Waals surface area (Å²) in [5.74, 6) is -2.24. The van der Waals surface area contributed by atoms with Crippen molar-refractivity contribution in [2.75, 3.05) is 13.2 Å². The number of β-lactam (4-membered cyclic amide) rings is 1. The molecule has 1 aliphatic rings. The van der Waals surface area contributed by atoms with Crippen LogP contribution in [0.3, 0.4) is 0 Å². The minimum Gasteiger partial charge on any atom is -0.457 e. The van der Waals surface area contributed by atoms with Crippen molar-refractivity contribution in [3.8, 4) is 0 Å². The third-order valence-electron chi connectivity index (χ3n) is 8.09. The Morgan fingerprint density at radius 3 is 1.94 bits per heavy atom. The Morgan fingerprint density at radius 1 is 0.882 bits per heavy atom. The van der Waals surface area contributed by atoms with Crippen LogP contribution < -0.4 is 15.9 Å². The summed E-state index contributed by atoms with van der Waals surface area (Å²) in [5.41, 5.74) is 0.0922. The van der Waals surface area contributed by atoms with Crippen molar-refractivity contribution in [3.63, 3.8) is 0 Å². The van der Waals surface area contributed by atoms with Gasteiger partial charge in [0.2, 0.25) is 5.91 Å². The zero-order valence-corrected chi connectivity index (χ0v) is 29.7. The van der Waals surface area contributed by atoms with E-state index in [9.17, 15) is 19.2 Å². The number of likely N-dealkylation sites (tertiary alicyclic amines) is 1. The first-order valence-corrected chi connectivity index (χ1v) is 18.9. The second-order valence-electron chi connectivity index (χ2n) is 11.4. The Kier molecular flexibility index (Phi) is 12.8. The number of aromatic nitrogens is 4. The van der Waals surface area contributed by atoms with Crippen molar-refractivity contribution >= 4 is 63.1 Å². The van der Waals surface area contributed by atoms with Gasteiger partial charge in [0.05, 0.1) is 0 Å². The van der Waals surface area contributed by atoms with Crippen molar-refractivity contribution in [2.45, 2.75) is 37.8 Å². The number of carbonyl (C=O) groups excluding carboxylic acids is 4. The lowest BCUT2D eigenvalue weighted by atomic mass is 9.92. The molecule has 1 aliphatic heterocycles. The minimum atomic E-state index is -3.23. The van der Waals surface area contributed by atoms with Crippen LogP contribution in [0.1, 0.15) is 19.8 Å². The van der Waals surface area contributed by atoms with Crippen molar-refractivity contribution in [1.29, 1.82) is 0 Å². The number of ether oxygens (including phenoxy) is 3. The fourth-order valence-electron chi connectivity index (χ4n) is 5.88. The maximum atomic E-state index is 14.7. The molecule has 0 N–H and O–H groups in total. The summed E-state index contributed by atoms with van der Waals surface area (Å²) in [7, 11) is 0. The molecule has 0 saturated carbocycles. The number of amides is 1. The number of hydrogen-bond donors (Lipinski definition) is 0. The number of benzene rings is 3. The van der Waals surface area contributed by atoms with Crippen LogP contribution in [0.25, 0.3) is 0 Å². The van der Waals surface area contributed by atoms with Gasteiger partial charge in [-0.1, -0.05) is 128 Å². The Balaban J connectivity index is 1.71. The Labute approximate surface area is 300 Å². The van der Waals surface area contributed by atoms with Crippen LogP contribution in [0.4, 0.5) is 4.79 Å². The molecule has 1 amide bonds. The number of tetrazole rings is 1. The molecule has 2 heterocycles. The van der Waals surface area contributed by atoms with Gasteiger partial charge < -0.3 is 14.2 Å². The first-order valence-electron chi connectivity index (χ1n) is 16.2. The van der Waals surface area contributed by atoms with Crippen LogP contribution in [0, 0.1) is 5.92 Å². The van der Waals surface area contributed by atoms with E-state index in [1.807, 2.05) is 91.0 Å². The van der Waals surface area contributed by atoms with E-state index < -0.39 is 42.3 Å². The van der Waals surface area contributed by atoms with E-state index in [1.54, 1.807) is 6.92 Å². The van der Waals surface area contributed by atoms with Gasteiger partial charge in [-0.3, -0.25) is 14.5 Å². The number of hydrogen-bond acceptors (Lipinski definition) is 11. The Bertz CT molecular complexity index is 1790.